The standard InChI is InChI=1S/C22H32N2O4/c1-7-24(8-2)11-12-27-19-10-9-18(13-20(19)26-6)14-23-22(25)21-15(3)16(4)28-17(21)5/h9-10,13H,7-8,11-12,14H2,1-6H3,(H,23,25). The van der Waals surface area contributed by atoms with Crippen molar-refractivity contribution in [3.8, 4) is 11.5 Å². The number of methoxy groups -OCH3 is 1. The molecule has 0 aliphatic carbocycles. The van der Waals surface area contributed by atoms with Crippen LogP contribution in [0.2, 0.25) is 0 Å². The summed E-state index contributed by atoms with van der Waals surface area (Å²) in [6.45, 7) is 13.7. The molecule has 154 valence electrons. The quantitative estimate of drug-likeness (QED) is 0.669. The third-order valence-corrected chi connectivity index (χ3v) is 5.03. The number of carbonyl (C=O) groups excluding carboxylic acids is 1. The van der Waals surface area contributed by atoms with E-state index >= 15 is 0 Å². The van der Waals surface area contributed by atoms with E-state index in [1.54, 1.807) is 7.11 Å². The van der Waals surface area contributed by atoms with Crippen LogP contribution < -0.4 is 14.8 Å². The van der Waals surface area contributed by atoms with Crippen molar-refractivity contribution < 1.29 is 18.7 Å². The summed E-state index contributed by atoms with van der Waals surface area (Å²) < 4.78 is 16.9. The van der Waals surface area contributed by atoms with E-state index in [-0.39, 0.29) is 5.91 Å². The monoisotopic (exact) mass is 388 g/mol. The molecule has 6 heteroatoms. The largest absolute Gasteiger partial charge is 0.493 e. The second-order valence-corrected chi connectivity index (χ2v) is 6.76. The molecule has 0 radical (unpaired) electrons. The Labute approximate surface area is 167 Å². The lowest BCUT2D eigenvalue weighted by Gasteiger charge is -2.19. The first-order chi connectivity index (χ1) is 13.4. The topological polar surface area (TPSA) is 63.9 Å². The van der Waals surface area contributed by atoms with Gasteiger partial charge in [-0.15, -0.1) is 0 Å². The number of hydrogen-bond acceptors (Lipinski definition) is 5. The number of ether oxygens (including phenoxy) is 2. The van der Waals surface area contributed by atoms with E-state index in [0.717, 1.165) is 36.5 Å². The Hall–Kier alpha value is -2.47. The number of amides is 1. The smallest absolute Gasteiger partial charge is 0.255 e. The highest BCUT2D eigenvalue weighted by atomic mass is 16.5. The van der Waals surface area contributed by atoms with Crippen molar-refractivity contribution in [2.75, 3.05) is 33.4 Å². The number of nitrogens with one attached hydrogen (secondary N) is 1. The summed E-state index contributed by atoms with van der Waals surface area (Å²) in [7, 11) is 1.62. The van der Waals surface area contributed by atoms with Crippen LogP contribution in [0.15, 0.2) is 22.6 Å². The van der Waals surface area contributed by atoms with E-state index in [4.69, 9.17) is 13.9 Å². The van der Waals surface area contributed by atoms with Crippen LogP contribution in [0.5, 0.6) is 11.5 Å². The van der Waals surface area contributed by atoms with Crippen molar-refractivity contribution in [1.82, 2.24) is 10.2 Å². The lowest BCUT2D eigenvalue weighted by Crippen LogP contribution is -2.28. The maximum absolute atomic E-state index is 12.5. The summed E-state index contributed by atoms with van der Waals surface area (Å²) in [6, 6.07) is 5.73. The predicted molar refractivity (Wildman–Crippen MR) is 110 cm³/mol. The minimum absolute atomic E-state index is 0.134. The van der Waals surface area contributed by atoms with Gasteiger partial charge in [0.2, 0.25) is 0 Å². The Bertz CT molecular complexity index is 794. The Morgan fingerprint density at radius 1 is 1.11 bits per heavy atom. The number of nitrogens with zero attached hydrogens (tertiary/aromatic N) is 1. The van der Waals surface area contributed by atoms with Crippen molar-refractivity contribution >= 4 is 5.91 Å². The van der Waals surface area contributed by atoms with Crippen molar-refractivity contribution in [1.29, 1.82) is 0 Å². The minimum Gasteiger partial charge on any atom is -0.493 e. The van der Waals surface area contributed by atoms with Crippen LogP contribution in [0.25, 0.3) is 0 Å². The fourth-order valence-corrected chi connectivity index (χ4v) is 3.16. The molecule has 1 amide bonds. The maximum Gasteiger partial charge on any atom is 0.255 e. The molecule has 2 aromatic rings. The highest BCUT2D eigenvalue weighted by Crippen LogP contribution is 2.28. The van der Waals surface area contributed by atoms with Crippen LogP contribution in [0.1, 0.15) is 46.9 Å². The van der Waals surface area contributed by atoms with Gasteiger partial charge in [-0.2, -0.15) is 0 Å². The average Bonchev–Trinajstić information content (AvgIpc) is 2.95. The Balaban J connectivity index is 1.98. The van der Waals surface area contributed by atoms with Crippen molar-refractivity contribution in [2.45, 2.75) is 41.2 Å². The van der Waals surface area contributed by atoms with E-state index in [1.165, 1.54) is 0 Å². The summed E-state index contributed by atoms with van der Waals surface area (Å²) in [5.41, 5.74) is 2.43. The molecular formula is C22H32N2O4. The number of likely N-dealkylation sites (N-methyl/N-ethyl adjacent to an activating group) is 1. The van der Waals surface area contributed by atoms with Gasteiger partial charge in [-0.05, 0) is 51.6 Å². The number of furan rings is 1. The highest BCUT2D eigenvalue weighted by molar-refractivity contribution is 5.96. The molecule has 1 N–H and O–H groups in total. The zero-order valence-corrected chi connectivity index (χ0v) is 17.8. The lowest BCUT2D eigenvalue weighted by atomic mass is 10.1. The zero-order valence-electron chi connectivity index (χ0n) is 17.8. The van der Waals surface area contributed by atoms with Gasteiger partial charge in [0.05, 0.1) is 12.7 Å². The van der Waals surface area contributed by atoms with Gasteiger partial charge < -0.3 is 24.1 Å². The first kappa shape index (κ1) is 21.8. The summed E-state index contributed by atoms with van der Waals surface area (Å²) in [4.78, 5) is 14.8. The third-order valence-electron chi connectivity index (χ3n) is 5.03. The molecule has 0 saturated heterocycles. The molecule has 0 aliphatic heterocycles. The molecule has 28 heavy (non-hydrogen) atoms. The Kier molecular flexibility index (Phi) is 7.93. The number of hydrogen-bond donors (Lipinski definition) is 1. The predicted octanol–water partition coefficient (Wildman–Crippen LogP) is 3.86. The first-order valence-corrected chi connectivity index (χ1v) is 9.78. The molecule has 6 nitrogen and oxygen atoms in total. The van der Waals surface area contributed by atoms with Crippen LogP contribution in [-0.4, -0.2) is 44.2 Å². The van der Waals surface area contributed by atoms with Crippen molar-refractivity contribution in [2.24, 2.45) is 0 Å². The number of benzene rings is 1. The number of aryl methyl sites for hydroxylation is 2. The van der Waals surface area contributed by atoms with Crippen LogP contribution in [0, 0.1) is 20.8 Å². The number of rotatable bonds is 10. The zero-order chi connectivity index (χ0) is 20.7. The van der Waals surface area contributed by atoms with Crippen LogP contribution >= 0.6 is 0 Å². The van der Waals surface area contributed by atoms with Gasteiger partial charge in [0.25, 0.3) is 5.91 Å². The molecule has 1 aromatic heterocycles. The minimum atomic E-state index is -0.134. The number of carbonyl (C=O) groups is 1. The fourth-order valence-electron chi connectivity index (χ4n) is 3.16. The molecule has 1 aromatic carbocycles. The van der Waals surface area contributed by atoms with Gasteiger partial charge in [0, 0.05) is 18.7 Å². The molecule has 0 unspecified atom stereocenters. The lowest BCUT2D eigenvalue weighted by molar-refractivity contribution is 0.0949. The third kappa shape index (κ3) is 5.29. The van der Waals surface area contributed by atoms with Crippen LogP contribution in [0.3, 0.4) is 0 Å². The average molecular weight is 389 g/mol. The Morgan fingerprint density at radius 2 is 1.82 bits per heavy atom. The van der Waals surface area contributed by atoms with Gasteiger partial charge in [0.1, 0.15) is 18.1 Å². The fraction of sp³-hybridized carbons (Fsp3) is 0.500. The molecule has 1 heterocycles. The van der Waals surface area contributed by atoms with Gasteiger partial charge in [-0.25, -0.2) is 0 Å². The van der Waals surface area contributed by atoms with Crippen molar-refractivity contribution in [3.63, 3.8) is 0 Å². The Morgan fingerprint density at radius 3 is 2.39 bits per heavy atom. The SMILES string of the molecule is CCN(CC)CCOc1ccc(CNC(=O)c2c(C)oc(C)c2C)cc1OC. The second-order valence-electron chi connectivity index (χ2n) is 6.76. The molecule has 0 saturated carbocycles. The van der Waals surface area contributed by atoms with E-state index in [2.05, 4.69) is 24.1 Å². The second kappa shape index (κ2) is 10.2. The molecule has 0 spiro atoms. The molecular weight excluding hydrogens is 356 g/mol. The highest BCUT2D eigenvalue weighted by Gasteiger charge is 2.18. The molecule has 0 bridgehead atoms. The van der Waals surface area contributed by atoms with Gasteiger partial charge in [-0.3, -0.25) is 4.79 Å². The molecule has 0 atom stereocenters. The summed E-state index contributed by atoms with van der Waals surface area (Å²) in [5.74, 6) is 2.66. The van der Waals surface area contributed by atoms with Crippen molar-refractivity contribution in [3.05, 3.63) is 46.4 Å². The normalized spacial score (nSPS) is 11.0. The van der Waals surface area contributed by atoms with E-state index < -0.39 is 0 Å². The van der Waals surface area contributed by atoms with E-state index in [1.807, 2.05) is 39.0 Å². The maximum atomic E-state index is 12.5. The summed E-state index contributed by atoms with van der Waals surface area (Å²) in [5, 5.41) is 2.95. The molecule has 2 rings (SSSR count). The van der Waals surface area contributed by atoms with Crippen LogP contribution in [0.4, 0.5) is 0 Å². The van der Waals surface area contributed by atoms with Gasteiger partial charge >= 0.3 is 0 Å². The first-order valence-electron chi connectivity index (χ1n) is 9.78. The summed E-state index contributed by atoms with van der Waals surface area (Å²) in [6.07, 6.45) is 0. The molecule has 0 aliphatic rings. The summed E-state index contributed by atoms with van der Waals surface area (Å²) >= 11 is 0. The molecule has 0 fully saturated rings. The van der Waals surface area contributed by atoms with Crippen LogP contribution in [-0.2, 0) is 6.54 Å². The van der Waals surface area contributed by atoms with Gasteiger partial charge in [0.15, 0.2) is 11.5 Å². The van der Waals surface area contributed by atoms with E-state index in [0.29, 0.717) is 36.0 Å². The van der Waals surface area contributed by atoms with E-state index in [9.17, 15) is 4.79 Å². The van der Waals surface area contributed by atoms with Gasteiger partial charge in [-0.1, -0.05) is 19.9 Å².